The standard InChI is InChI=1S/C23H22ClN5O2/c1-15-9-11-17(24)14-19(15)29-23(26-27-28-29)22(25-18-7-5-4-6-8-18)16-10-12-20(30-2)21(13-16)31-3/h4-14,22,25H,1-3H3. The molecule has 0 saturated heterocycles. The number of hydrogen-bond acceptors (Lipinski definition) is 6. The van der Waals surface area contributed by atoms with E-state index in [0.29, 0.717) is 22.3 Å². The van der Waals surface area contributed by atoms with Gasteiger partial charge in [-0.3, -0.25) is 0 Å². The molecule has 1 N–H and O–H groups in total. The number of para-hydroxylation sites is 1. The monoisotopic (exact) mass is 435 g/mol. The maximum atomic E-state index is 6.26. The number of hydrogen-bond donors (Lipinski definition) is 1. The van der Waals surface area contributed by atoms with E-state index in [0.717, 1.165) is 22.5 Å². The van der Waals surface area contributed by atoms with Crippen molar-refractivity contribution in [3.63, 3.8) is 0 Å². The zero-order valence-electron chi connectivity index (χ0n) is 17.4. The SMILES string of the molecule is COc1ccc(C(Nc2ccccc2)c2nnnn2-c2cc(Cl)ccc2C)cc1OC. The Labute approximate surface area is 185 Å². The summed E-state index contributed by atoms with van der Waals surface area (Å²) in [6.45, 7) is 1.99. The van der Waals surface area contributed by atoms with Gasteiger partial charge in [-0.25, -0.2) is 0 Å². The van der Waals surface area contributed by atoms with Crippen molar-refractivity contribution in [1.82, 2.24) is 20.2 Å². The number of aromatic nitrogens is 4. The molecule has 0 aliphatic carbocycles. The van der Waals surface area contributed by atoms with Gasteiger partial charge in [-0.05, 0) is 64.9 Å². The molecule has 0 bridgehead atoms. The van der Waals surface area contributed by atoms with Gasteiger partial charge >= 0.3 is 0 Å². The van der Waals surface area contributed by atoms with Crippen LogP contribution in [0.3, 0.4) is 0 Å². The van der Waals surface area contributed by atoms with E-state index in [1.165, 1.54) is 0 Å². The summed E-state index contributed by atoms with van der Waals surface area (Å²) in [5.41, 5.74) is 3.66. The Morgan fingerprint density at radius 1 is 0.935 bits per heavy atom. The van der Waals surface area contributed by atoms with E-state index in [2.05, 4.69) is 20.8 Å². The van der Waals surface area contributed by atoms with Crippen LogP contribution >= 0.6 is 11.6 Å². The number of nitrogens with zero attached hydrogens (tertiary/aromatic N) is 4. The average Bonchev–Trinajstić information content (AvgIpc) is 3.28. The lowest BCUT2D eigenvalue weighted by Crippen LogP contribution is -2.18. The summed E-state index contributed by atoms with van der Waals surface area (Å²) in [5.74, 6) is 1.88. The molecule has 0 fully saturated rings. The largest absolute Gasteiger partial charge is 0.493 e. The minimum atomic E-state index is -0.365. The van der Waals surface area contributed by atoms with Gasteiger partial charge in [-0.1, -0.05) is 41.9 Å². The van der Waals surface area contributed by atoms with E-state index < -0.39 is 0 Å². The first kappa shape index (κ1) is 20.7. The number of methoxy groups -OCH3 is 2. The zero-order valence-corrected chi connectivity index (χ0v) is 18.2. The Bertz CT molecular complexity index is 1180. The molecule has 0 aliphatic heterocycles. The van der Waals surface area contributed by atoms with Gasteiger partial charge in [0.05, 0.1) is 19.9 Å². The Balaban J connectivity index is 1.85. The van der Waals surface area contributed by atoms with E-state index in [9.17, 15) is 0 Å². The first-order valence-electron chi connectivity index (χ1n) is 9.69. The van der Waals surface area contributed by atoms with Gasteiger partial charge in [0, 0.05) is 10.7 Å². The molecule has 0 spiro atoms. The van der Waals surface area contributed by atoms with Crippen LogP contribution in [0.1, 0.15) is 23.0 Å². The van der Waals surface area contributed by atoms with Crippen LogP contribution in [0.4, 0.5) is 5.69 Å². The second-order valence-corrected chi connectivity index (χ2v) is 7.37. The fourth-order valence-corrected chi connectivity index (χ4v) is 3.55. The fraction of sp³-hybridized carbons (Fsp3) is 0.174. The smallest absolute Gasteiger partial charge is 0.183 e. The third-order valence-electron chi connectivity index (χ3n) is 4.98. The average molecular weight is 436 g/mol. The second kappa shape index (κ2) is 9.06. The van der Waals surface area contributed by atoms with Gasteiger partial charge in [0.1, 0.15) is 6.04 Å². The lowest BCUT2D eigenvalue weighted by atomic mass is 10.0. The maximum Gasteiger partial charge on any atom is 0.183 e. The second-order valence-electron chi connectivity index (χ2n) is 6.94. The van der Waals surface area contributed by atoms with Crippen molar-refractivity contribution in [2.45, 2.75) is 13.0 Å². The van der Waals surface area contributed by atoms with Crippen molar-refractivity contribution in [2.75, 3.05) is 19.5 Å². The van der Waals surface area contributed by atoms with Crippen LogP contribution in [0, 0.1) is 6.92 Å². The first-order valence-corrected chi connectivity index (χ1v) is 10.1. The molecule has 7 nitrogen and oxygen atoms in total. The highest BCUT2D eigenvalue weighted by atomic mass is 35.5. The summed E-state index contributed by atoms with van der Waals surface area (Å²) < 4.78 is 12.6. The number of tetrazole rings is 1. The normalized spacial score (nSPS) is 11.7. The predicted octanol–water partition coefficient (Wildman–Crippen LogP) is 4.84. The van der Waals surface area contributed by atoms with Gasteiger partial charge in [-0.2, -0.15) is 4.68 Å². The Kier molecular flexibility index (Phi) is 6.04. The Hall–Kier alpha value is -3.58. The van der Waals surface area contributed by atoms with Gasteiger partial charge in [0.15, 0.2) is 17.3 Å². The third-order valence-corrected chi connectivity index (χ3v) is 5.21. The Morgan fingerprint density at radius 3 is 2.45 bits per heavy atom. The first-order chi connectivity index (χ1) is 15.1. The molecule has 158 valence electrons. The number of anilines is 1. The summed E-state index contributed by atoms with van der Waals surface area (Å²) in [4.78, 5) is 0. The highest BCUT2D eigenvalue weighted by molar-refractivity contribution is 6.30. The molecule has 8 heteroatoms. The molecular formula is C23H22ClN5O2. The maximum absolute atomic E-state index is 6.26. The number of ether oxygens (including phenoxy) is 2. The molecular weight excluding hydrogens is 414 g/mol. The fourth-order valence-electron chi connectivity index (χ4n) is 3.39. The van der Waals surface area contributed by atoms with E-state index >= 15 is 0 Å². The van der Waals surface area contributed by atoms with E-state index in [1.54, 1.807) is 18.9 Å². The lowest BCUT2D eigenvalue weighted by Gasteiger charge is -2.21. The number of nitrogens with one attached hydrogen (secondary N) is 1. The minimum absolute atomic E-state index is 0.365. The summed E-state index contributed by atoms with van der Waals surface area (Å²) in [7, 11) is 3.22. The van der Waals surface area contributed by atoms with E-state index in [4.69, 9.17) is 21.1 Å². The minimum Gasteiger partial charge on any atom is -0.493 e. The summed E-state index contributed by atoms with van der Waals surface area (Å²) >= 11 is 6.26. The van der Waals surface area contributed by atoms with Gasteiger partial charge in [-0.15, -0.1) is 5.10 Å². The van der Waals surface area contributed by atoms with Crippen LogP contribution in [-0.4, -0.2) is 34.4 Å². The highest BCUT2D eigenvalue weighted by Crippen LogP contribution is 2.34. The number of benzene rings is 3. The molecule has 1 atom stereocenters. The van der Waals surface area contributed by atoms with Crippen LogP contribution in [0.25, 0.3) is 5.69 Å². The van der Waals surface area contributed by atoms with E-state index in [-0.39, 0.29) is 6.04 Å². The molecule has 3 aromatic carbocycles. The van der Waals surface area contributed by atoms with Gasteiger partial charge in [0.25, 0.3) is 0 Å². The molecule has 4 rings (SSSR count). The molecule has 0 radical (unpaired) electrons. The Morgan fingerprint density at radius 2 is 1.71 bits per heavy atom. The van der Waals surface area contributed by atoms with Crippen molar-refractivity contribution in [2.24, 2.45) is 0 Å². The lowest BCUT2D eigenvalue weighted by molar-refractivity contribution is 0.354. The van der Waals surface area contributed by atoms with Crippen molar-refractivity contribution in [3.05, 3.63) is 88.7 Å². The quantitative estimate of drug-likeness (QED) is 0.447. The third kappa shape index (κ3) is 4.32. The van der Waals surface area contributed by atoms with E-state index in [1.807, 2.05) is 73.7 Å². The van der Waals surface area contributed by atoms with Crippen molar-refractivity contribution >= 4 is 17.3 Å². The molecule has 1 heterocycles. The van der Waals surface area contributed by atoms with Crippen LogP contribution in [0.2, 0.25) is 5.02 Å². The molecule has 1 unspecified atom stereocenters. The predicted molar refractivity (Wildman–Crippen MR) is 120 cm³/mol. The summed E-state index contributed by atoms with van der Waals surface area (Å²) in [5, 5.41) is 16.7. The van der Waals surface area contributed by atoms with Crippen LogP contribution < -0.4 is 14.8 Å². The number of rotatable bonds is 7. The zero-order chi connectivity index (χ0) is 21.8. The van der Waals surface area contributed by atoms with Crippen LogP contribution in [0.5, 0.6) is 11.5 Å². The van der Waals surface area contributed by atoms with Gasteiger partial charge in [0.2, 0.25) is 0 Å². The van der Waals surface area contributed by atoms with Crippen molar-refractivity contribution in [3.8, 4) is 17.2 Å². The summed E-state index contributed by atoms with van der Waals surface area (Å²) in [6, 6.07) is 20.9. The van der Waals surface area contributed by atoms with Gasteiger partial charge < -0.3 is 14.8 Å². The van der Waals surface area contributed by atoms with Crippen molar-refractivity contribution in [1.29, 1.82) is 0 Å². The molecule has 31 heavy (non-hydrogen) atoms. The number of aryl methyl sites for hydroxylation is 1. The molecule has 0 aliphatic rings. The molecule has 1 aromatic heterocycles. The molecule has 0 saturated carbocycles. The highest BCUT2D eigenvalue weighted by Gasteiger charge is 2.24. The molecule has 0 amide bonds. The number of halogens is 1. The van der Waals surface area contributed by atoms with Crippen LogP contribution in [0.15, 0.2) is 66.7 Å². The van der Waals surface area contributed by atoms with Crippen LogP contribution in [-0.2, 0) is 0 Å². The molecule has 4 aromatic rings. The summed E-state index contributed by atoms with van der Waals surface area (Å²) in [6.07, 6.45) is 0. The topological polar surface area (TPSA) is 74.1 Å². The van der Waals surface area contributed by atoms with Crippen molar-refractivity contribution < 1.29 is 9.47 Å².